The van der Waals surface area contributed by atoms with Gasteiger partial charge in [0, 0.05) is 17.9 Å². The summed E-state index contributed by atoms with van der Waals surface area (Å²) in [5, 5.41) is 12.4. The van der Waals surface area contributed by atoms with Crippen molar-refractivity contribution >= 4 is 11.4 Å². The Morgan fingerprint density at radius 2 is 2.17 bits per heavy atom. The van der Waals surface area contributed by atoms with E-state index in [1.807, 2.05) is 12.1 Å². The summed E-state index contributed by atoms with van der Waals surface area (Å²) in [5.74, 6) is 1.55. The zero-order valence-electron chi connectivity index (χ0n) is 10.9. The Morgan fingerprint density at radius 1 is 1.39 bits per heavy atom. The topological polar surface area (TPSA) is 61.8 Å². The number of benzene rings is 1. The Hall–Kier alpha value is -1.69. The van der Waals surface area contributed by atoms with E-state index in [-0.39, 0.29) is 0 Å². The molecule has 1 fully saturated rings. The summed E-state index contributed by atoms with van der Waals surface area (Å²) < 4.78 is 0. The third kappa shape index (κ3) is 2.95. The predicted molar refractivity (Wildman–Crippen MR) is 75.2 cm³/mol. The second-order valence-corrected chi connectivity index (χ2v) is 5.32. The molecular formula is C15H21N3. The first kappa shape index (κ1) is 12.8. The summed E-state index contributed by atoms with van der Waals surface area (Å²) in [7, 11) is 0. The quantitative estimate of drug-likeness (QED) is 0.800. The van der Waals surface area contributed by atoms with Crippen LogP contribution in [0.15, 0.2) is 18.2 Å². The van der Waals surface area contributed by atoms with Crippen molar-refractivity contribution in [3.8, 4) is 6.07 Å². The zero-order chi connectivity index (χ0) is 13.0. The smallest absolute Gasteiger partial charge is 0.101 e. The lowest BCUT2D eigenvalue weighted by molar-refractivity contribution is 0.268. The molecule has 0 heterocycles. The number of nitrogens with zero attached hydrogens (tertiary/aromatic N) is 1. The molecule has 1 aliphatic rings. The van der Waals surface area contributed by atoms with Crippen LogP contribution in [0.4, 0.5) is 11.4 Å². The normalized spacial score (nSPS) is 23.3. The fourth-order valence-corrected chi connectivity index (χ4v) is 2.71. The minimum absolute atomic E-state index is 0.550. The zero-order valence-corrected chi connectivity index (χ0v) is 10.9. The third-order valence-electron chi connectivity index (χ3n) is 4.03. The fourth-order valence-electron chi connectivity index (χ4n) is 2.71. The van der Waals surface area contributed by atoms with E-state index in [4.69, 9.17) is 11.0 Å². The summed E-state index contributed by atoms with van der Waals surface area (Å²) in [6, 6.07) is 7.70. The highest BCUT2D eigenvalue weighted by Crippen LogP contribution is 2.29. The predicted octanol–water partition coefficient (Wildman–Crippen LogP) is 3.38. The van der Waals surface area contributed by atoms with Crippen molar-refractivity contribution in [2.45, 2.75) is 32.6 Å². The number of rotatable bonds is 3. The van der Waals surface area contributed by atoms with Gasteiger partial charge in [-0.1, -0.05) is 26.2 Å². The van der Waals surface area contributed by atoms with Crippen LogP contribution in [0.2, 0.25) is 0 Å². The number of nitrogens with one attached hydrogen (secondary N) is 1. The van der Waals surface area contributed by atoms with Crippen molar-refractivity contribution in [3.63, 3.8) is 0 Å². The molecule has 0 spiro atoms. The second-order valence-electron chi connectivity index (χ2n) is 5.32. The molecule has 3 N–H and O–H groups in total. The highest BCUT2D eigenvalue weighted by molar-refractivity contribution is 5.61. The third-order valence-corrected chi connectivity index (χ3v) is 4.03. The molecule has 1 aromatic carbocycles. The van der Waals surface area contributed by atoms with Crippen LogP contribution in [0.25, 0.3) is 0 Å². The maximum Gasteiger partial charge on any atom is 0.101 e. The second kappa shape index (κ2) is 5.77. The van der Waals surface area contributed by atoms with Crippen LogP contribution in [-0.2, 0) is 0 Å². The molecule has 3 heteroatoms. The number of hydrogen-bond acceptors (Lipinski definition) is 3. The average Bonchev–Trinajstić information content (AvgIpc) is 2.39. The van der Waals surface area contributed by atoms with Gasteiger partial charge in [0.1, 0.15) is 6.07 Å². The van der Waals surface area contributed by atoms with E-state index < -0.39 is 0 Å². The van der Waals surface area contributed by atoms with Crippen molar-refractivity contribution in [1.29, 1.82) is 5.26 Å². The van der Waals surface area contributed by atoms with E-state index >= 15 is 0 Å². The fraction of sp³-hybridized carbons (Fsp3) is 0.533. The minimum atomic E-state index is 0.550. The standard InChI is InChI=1S/C15H21N3/c1-11-4-2-3-5-12(11)10-18-14-6-7-15(17)13(8-14)9-16/h6-8,11-12,18H,2-5,10,17H2,1H3. The molecule has 1 saturated carbocycles. The molecule has 1 aliphatic carbocycles. The number of hydrogen-bond donors (Lipinski definition) is 2. The van der Waals surface area contributed by atoms with Crippen LogP contribution < -0.4 is 11.1 Å². The molecule has 0 bridgehead atoms. The van der Waals surface area contributed by atoms with Crippen molar-refractivity contribution in [1.82, 2.24) is 0 Å². The van der Waals surface area contributed by atoms with Gasteiger partial charge in [-0.25, -0.2) is 0 Å². The summed E-state index contributed by atoms with van der Waals surface area (Å²) in [6.07, 6.45) is 5.38. The van der Waals surface area contributed by atoms with E-state index in [1.165, 1.54) is 25.7 Å². The number of anilines is 2. The molecule has 3 nitrogen and oxygen atoms in total. The summed E-state index contributed by atoms with van der Waals surface area (Å²) >= 11 is 0. The van der Waals surface area contributed by atoms with Gasteiger partial charge >= 0.3 is 0 Å². The van der Waals surface area contributed by atoms with Crippen LogP contribution >= 0.6 is 0 Å². The van der Waals surface area contributed by atoms with Crippen LogP contribution in [0, 0.1) is 23.2 Å². The Morgan fingerprint density at radius 3 is 2.89 bits per heavy atom. The first-order chi connectivity index (χ1) is 8.70. The lowest BCUT2D eigenvalue weighted by atomic mass is 9.80. The highest BCUT2D eigenvalue weighted by atomic mass is 14.9. The van der Waals surface area contributed by atoms with Crippen molar-refractivity contribution in [2.75, 3.05) is 17.6 Å². The van der Waals surface area contributed by atoms with E-state index in [9.17, 15) is 0 Å². The summed E-state index contributed by atoms with van der Waals surface area (Å²) in [6.45, 7) is 3.34. The van der Waals surface area contributed by atoms with Gasteiger partial charge in [-0.15, -0.1) is 0 Å². The first-order valence-corrected chi connectivity index (χ1v) is 6.74. The van der Waals surface area contributed by atoms with Crippen molar-refractivity contribution in [2.24, 2.45) is 11.8 Å². The highest BCUT2D eigenvalue weighted by Gasteiger charge is 2.20. The van der Waals surface area contributed by atoms with Crippen molar-refractivity contribution in [3.05, 3.63) is 23.8 Å². The maximum atomic E-state index is 8.94. The van der Waals surface area contributed by atoms with Gasteiger partial charge in [0.15, 0.2) is 0 Å². The van der Waals surface area contributed by atoms with Gasteiger partial charge in [-0.05, 0) is 36.5 Å². The minimum Gasteiger partial charge on any atom is -0.398 e. The molecule has 18 heavy (non-hydrogen) atoms. The van der Waals surface area contributed by atoms with Gasteiger partial charge in [-0.3, -0.25) is 0 Å². The Kier molecular flexibility index (Phi) is 4.09. The molecule has 2 rings (SSSR count). The number of nitrogen functional groups attached to an aromatic ring is 1. The molecular weight excluding hydrogens is 222 g/mol. The van der Waals surface area contributed by atoms with Gasteiger partial charge in [0.05, 0.1) is 5.56 Å². The summed E-state index contributed by atoms with van der Waals surface area (Å²) in [5.41, 5.74) is 7.81. The summed E-state index contributed by atoms with van der Waals surface area (Å²) in [4.78, 5) is 0. The molecule has 0 amide bonds. The largest absolute Gasteiger partial charge is 0.398 e. The molecule has 2 atom stereocenters. The van der Waals surface area contributed by atoms with Crippen LogP contribution in [0.5, 0.6) is 0 Å². The van der Waals surface area contributed by atoms with Gasteiger partial charge < -0.3 is 11.1 Å². The molecule has 1 aromatic rings. The molecule has 0 radical (unpaired) electrons. The van der Waals surface area contributed by atoms with Crippen LogP contribution in [0.3, 0.4) is 0 Å². The van der Waals surface area contributed by atoms with Gasteiger partial charge in [0.25, 0.3) is 0 Å². The monoisotopic (exact) mass is 243 g/mol. The Labute approximate surface area is 109 Å². The van der Waals surface area contributed by atoms with E-state index in [0.717, 1.165) is 24.1 Å². The first-order valence-electron chi connectivity index (χ1n) is 6.74. The molecule has 0 saturated heterocycles. The van der Waals surface area contributed by atoms with Gasteiger partial charge in [0.2, 0.25) is 0 Å². The van der Waals surface area contributed by atoms with E-state index in [0.29, 0.717) is 11.3 Å². The lowest BCUT2D eigenvalue weighted by Gasteiger charge is -2.29. The van der Waals surface area contributed by atoms with Crippen LogP contribution in [0.1, 0.15) is 38.2 Å². The molecule has 2 unspecified atom stereocenters. The SMILES string of the molecule is CC1CCCCC1CNc1ccc(N)c(C#N)c1. The molecule has 96 valence electrons. The lowest BCUT2D eigenvalue weighted by Crippen LogP contribution is -2.24. The molecule has 0 aliphatic heterocycles. The maximum absolute atomic E-state index is 8.94. The molecule has 0 aromatic heterocycles. The average molecular weight is 243 g/mol. The Bertz CT molecular complexity index is 448. The van der Waals surface area contributed by atoms with Gasteiger partial charge in [-0.2, -0.15) is 5.26 Å². The van der Waals surface area contributed by atoms with Crippen LogP contribution in [-0.4, -0.2) is 6.54 Å². The van der Waals surface area contributed by atoms with E-state index in [2.05, 4.69) is 18.3 Å². The Balaban J connectivity index is 1.95. The van der Waals surface area contributed by atoms with E-state index in [1.54, 1.807) is 6.07 Å². The van der Waals surface area contributed by atoms with Crippen molar-refractivity contribution < 1.29 is 0 Å². The number of nitriles is 1. The number of nitrogens with two attached hydrogens (primary N) is 1.